The van der Waals surface area contributed by atoms with E-state index in [4.69, 9.17) is 0 Å². The van der Waals surface area contributed by atoms with Crippen LogP contribution in [0.15, 0.2) is 30.3 Å². The van der Waals surface area contributed by atoms with Crippen LogP contribution in [0.5, 0.6) is 0 Å². The predicted molar refractivity (Wildman–Crippen MR) is 66.2 cm³/mol. The first-order valence-electron chi connectivity index (χ1n) is 6.22. The molecule has 2 N–H and O–H groups in total. The number of nitrogens with one attached hydrogen (secondary N) is 1. The second kappa shape index (κ2) is 5.46. The molecule has 1 aromatic carbocycles. The standard InChI is InChI=1S/C14H21NO/c1-11(9-12-7-8-12)15-10-14(16)13-5-3-2-4-6-13/h2-6,11-12,14-16H,7-10H2,1H3. The summed E-state index contributed by atoms with van der Waals surface area (Å²) >= 11 is 0. The van der Waals surface area contributed by atoms with Gasteiger partial charge in [0, 0.05) is 12.6 Å². The molecule has 2 unspecified atom stereocenters. The highest BCUT2D eigenvalue weighted by molar-refractivity contribution is 5.17. The lowest BCUT2D eigenvalue weighted by Crippen LogP contribution is -2.30. The molecule has 1 aliphatic carbocycles. The van der Waals surface area contributed by atoms with Crippen LogP contribution in [0.1, 0.15) is 37.9 Å². The van der Waals surface area contributed by atoms with Crippen molar-refractivity contribution < 1.29 is 5.11 Å². The molecule has 0 saturated heterocycles. The molecule has 2 nitrogen and oxygen atoms in total. The van der Waals surface area contributed by atoms with Gasteiger partial charge in [0.05, 0.1) is 6.10 Å². The number of hydrogen-bond donors (Lipinski definition) is 2. The van der Waals surface area contributed by atoms with Crippen LogP contribution in [0.25, 0.3) is 0 Å². The van der Waals surface area contributed by atoms with Gasteiger partial charge in [0.25, 0.3) is 0 Å². The molecular formula is C14H21NO. The van der Waals surface area contributed by atoms with E-state index in [1.807, 2.05) is 30.3 Å². The molecule has 0 bridgehead atoms. The monoisotopic (exact) mass is 219 g/mol. The van der Waals surface area contributed by atoms with Gasteiger partial charge in [-0.3, -0.25) is 0 Å². The summed E-state index contributed by atoms with van der Waals surface area (Å²) in [5, 5.41) is 13.4. The molecule has 0 aliphatic heterocycles. The maximum Gasteiger partial charge on any atom is 0.0914 e. The van der Waals surface area contributed by atoms with Crippen molar-refractivity contribution in [2.75, 3.05) is 6.54 Å². The van der Waals surface area contributed by atoms with E-state index in [9.17, 15) is 5.11 Å². The summed E-state index contributed by atoms with van der Waals surface area (Å²) in [5.74, 6) is 0.941. The molecule has 1 fully saturated rings. The summed E-state index contributed by atoms with van der Waals surface area (Å²) in [6.07, 6.45) is 3.66. The first kappa shape index (κ1) is 11.6. The number of aliphatic hydroxyl groups excluding tert-OH is 1. The Kier molecular flexibility index (Phi) is 3.97. The van der Waals surface area contributed by atoms with Gasteiger partial charge >= 0.3 is 0 Å². The van der Waals surface area contributed by atoms with Crippen LogP contribution in [0.2, 0.25) is 0 Å². The van der Waals surface area contributed by atoms with Crippen LogP contribution in [0.3, 0.4) is 0 Å². The lowest BCUT2D eigenvalue weighted by atomic mass is 10.1. The molecule has 2 rings (SSSR count). The van der Waals surface area contributed by atoms with E-state index in [1.165, 1.54) is 19.3 Å². The molecule has 16 heavy (non-hydrogen) atoms. The average molecular weight is 219 g/mol. The van der Waals surface area contributed by atoms with Crippen molar-refractivity contribution in [1.82, 2.24) is 5.32 Å². The summed E-state index contributed by atoms with van der Waals surface area (Å²) in [6.45, 7) is 2.86. The van der Waals surface area contributed by atoms with Crippen LogP contribution in [0, 0.1) is 5.92 Å². The molecule has 88 valence electrons. The zero-order chi connectivity index (χ0) is 11.4. The van der Waals surface area contributed by atoms with Crippen LogP contribution in [0.4, 0.5) is 0 Å². The fourth-order valence-electron chi connectivity index (χ4n) is 2.04. The molecule has 1 aromatic rings. The van der Waals surface area contributed by atoms with Crippen LogP contribution >= 0.6 is 0 Å². The first-order chi connectivity index (χ1) is 7.75. The van der Waals surface area contributed by atoms with Crippen LogP contribution in [-0.2, 0) is 0 Å². The summed E-state index contributed by atoms with van der Waals surface area (Å²) in [7, 11) is 0. The summed E-state index contributed by atoms with van der Waals surface area (Å²) in [5.41, 5.74) is 0.994. The maximum atomic E-state index is 9.96. The van der Waals surface area contributed by atoms with Gasteiger partial charge in [-0.25, -0.2) is 0 Å². The van der Waals surface area contributed by atoms with Gasteiger partial charge in [0.1, 0.15) is 0 Å². The van der Waals surface area contributed by atoms with Crippen molar-refractivity contribution in [2.24, 2.45) is 5.92 Å². The number of hydrogen-bond acceptors (Lipinski definition) is 2. The average Bonchev–Trinajstić information content (AvgIpc) is 3.11. The van der Waals surface area contributed by atoms with E-state index in [0.29, 0.717) is 12.6 Å². The molecule has 0 spiro atoms. The van der Waals surface area contributed by atoms with Gasteiger partial charge < -0.3 is 10.4 Å². The summed E-state index contributed by atoms with van der Waals surface area (Å²) in [4.78, 5) is 0. The normalized spacial score (nSPS) is 19.4. The van der Waals surface area contributed by atoms with Gasteiger partial charge in [0.15, 0.2) is 0 Å². The summed E-state index contributed by atoms with van der Waals surface area (Å²) in [6, 6.07) is 10.4. The third-order valence-corrected chi connectivity index (χ3v) is 3.23. The Bertz CT molecular complexity index is 308. The van der Waals surface area contributed by atoms with Crippen molar-refractivity contribution in [1.29, 1.82) is 0 Å². The number of benzene rings is 1. The fourth-order valence-corrected chi connectivity index (χ4v) is 2.04. The lowest BCUT2D eigenvalue weighted by Gasteiger charge is -2.17. The van der Waals surface area contributed by atoms with E-state index >= 15 is 0 Å². The molecular weight excluding hydrogens is 198 g/mol. The molecule has 1 saturated carbocycles. The second-order valence-corrected chi connectivity index (χ2v) is 4.91. The quantitative estimate of drug-likeness (QED) is 0.770. The third-order valence-electron chi connectivity index (χ3n) is 3.23. The Balaban J connectivity index is 1.72. The number of rotatable bonds is 6. The molecule has 1 aliphatic rings. The minimum absolute atomic E-state index is 0.386. The summed E-state index contributed by atoms with van der Waals surface area (Å²) < 4.78 is 0. The van der Waals surface area contributed by atoms with Crippen molar-refractivity contribution >= 4 is 0 Å². The fraction of sp³-hybridized carbons (Fsp3) is 0.571. The molecule has 0 amide bonds. The van der Waals surface area contributed by atoms with E-state index in [0.717, 1.165) is 11.5 Å². The van der Waals surface area contributed by atoms with Crippen molar-refractivity contribution in [3.63, 3.8) is 0 Å². The minimum atomic E-state index is -0.386. The van der Waals surface area contributed by atoms with Crippen LogP contribution < -0.4 is 5.32 Å². The largest absolute Gasteiger partial charge is 0.387 e. The Morgan fingerprint density at radius 2 is 2.00 bits per heavy atom. The van der Waals surface area contributed by atoms with Gasteiger partial charge in [-0.15, -0.1) is 0 Å². The molecule has 2 heteroatoms. The van der Waals surface area contributed by atoms with Crippen molar-refractivity contribution in [3.05, 3.63) is 35.9 Å². The SMILES string of the molecule is CC(CC1CC1)NCC(O)c1ccccc1. The third kappa shape index (κ3) is 3.62. The van der Waals surface area contributed by atoms with E-state index in [1.54, 1.807) is 0 Å². The maximum absolute atomic E-state index is 9.96. The van der Waals surface area contributed by atoms with Gasteiger partial charge in [0.2, 0.25) is 0 Å². The Labute approximate surface area is 97.7 Å². The van der Waals surface area contributed by atoms with Gasteiger partial charge in [-0.2, -0.15) is 0 Å². The van der Waals surface area contributed by atoms with Gasteiger partial charge in [-0.1, -0.05) is 43.2 Å². The zero-order valence-electron chi connectivity index (χ0n) is 9.89. The first-order valence-corrected chi connectivity index (χ1v) is 6.22. The molecule has 0 radical (unpaired) electrons. The number of aliphatic hydroxyl groups is 1. The van der Waals surface area contributed by atoms with Gasteiger partial charge in [-0.05, 0) is 24.8 Å². The smallest absolute Gasteiger partial charge is 0.0914 e. The highest BCUT2D eigenvalue weighted by atomic mass is 16.3. The van der Waals surface area contributed by atoms with Crippen molar-refractivity contribution in [2.45, 2.75) is 38.3 Å². The minimum Gasteiger partial charge on any atom is -0.387 e. The van der Waals surface area contributed by atoms with E-state index in [-0.39, 0.29) is 6.10 Å². The van der Waals surface area contributed by atoms with E-state index in [2.05, 4.69) is 12.2 Å². The molecule has 0 heterocycles. The second-order valence-electron chi connectivity index (χ2n) is 4.91. The highest BCUT2D eigenvalue weighted by Gasteiger charge is 2.23. The topological polar surface area (TPSA) is 32.3 Å². The Morgan fingerprint density at radius 3 is 2.62 bits per heavy atom. The zero-order valence-corrected chi connectivity index (χ0v) is 9.89. The van der Waals surface area contributed by atoms with Crippen molar-refractivity contribution in [3.8, 4) is 0 Å². The van der Waals surface area contributed by atoms with Crippen LogP contribution in [-0.4, -0.2) is 17.7 Å². The predicted octanol–water partition coefficient (Wildman–Crippen LogP) is 2.50. The van der Waals surface area contributed by atoms with E-state index < -0.39 is 0 Å². The molecule has 0 aromatic heterocycles. The Hall–Kier alpha value is -0.860. The Morgan fingerprint density at radius 1 is 1.31 bits per heavy atom. The lowest BCUT2D eigenvalue weighted by molar-refractivity contribution is 0.169. The highest BCUT2D eigenvalue weighted by Crippen LogP contribution is 2.33. The molecule has 2 atom stereocenters.